The number of thiophene rings is 1. The van der Waals surface area contributed by atoms with Crippen LogP contribution in [0.1, 0.15) is 0 Å². The normalized spacial score (nSPS) is 11.5. The van der Waals surface area contributed by atoms with E-state index in [1.165, 1.54) is 15.5 Å². The van der Waals surface area contributed by atoms with Gasteiger partial charge in [-0.2, -0.15) is 0 Å². The molecule has 10 rings (SSSR count). The molecule has 7 heteroatoms. The molecule has 0 bridgehead atoms. The lowest BCUT2D eigenvalue weighted by Gasteiger charge is -2.13. The first-order chi connectivity index (χ1) is 25.2. The number of hydrogen-bond donors (Lipinski definition) is 0. The molecule has 0 atom stereocenters. The Bertz CT molecular complexity index is 2870. The average Bonchev–Trinajstić information content (AvgIpc) is 3.58. The highest BCUT2D eigenvalue weighted by Gasteiger charge is 2.16. The largest absolute Gasteiger partial charge is 0.253 e. The van der Waals surface area contributed by atoms with Gasteiger partial charge in [0.05, 0.1) is 27.6 Å². The van der Waals surface area contributed by atoms with Gasteiger partial charge in [0.2, 0.25) is 0 Å². The Hall–Kier alpha value is -6.70. The van der Waals surface area contributed by atoms with Crippen LogP contribution < -0.4 is 0 Å². The minimum atomic E-state index is 0.614. The van der Waals surface area contributed by atoms with Crippen LogP contribution in [0.4, 0.5) is 0 Å². The maximum Gasteiger partial charge on any atom is 0.164 e. The Morgan fingerprint density at radius 2 is 1.04 bits per heavy atom. The van der Waals surface area contributed by atoms with Crippen LogP contribution in [0.15, 0.2) is 158 Å². The molecule has 0 spiro atoms. The molecule has 0 N–H and O–H groups in total. The number of benzene rings is 6. The molecule has 4 heterocycles. The fraction of sp³-hybridized carbons (Fsp3) is 0. The van der Waals surface area contributed by atoms with Crippen LogP contribution in [0.25, 0.3) is 98.7 Å². The summed E-state index contributed by atoms with van der Waals surface area (Å²) in [6, 6.07) is 49.7. The SMILES string of the molecule is c1ccc(-c2nc(-c3ccccc3)nc(-c3cc(-c4ccc5nc(-c6cc7c(cn6)sc6ccccc67)cnc5c4)c4ccccc4c3)n2)cc1. The molecule has 0 radical (unpaired) electrons. The van der Waals surface area contributed by atoms with Crippen LogP contribution in [0.3, 0.4) is 0 Å². The van der Waals surface area contributed by atoms with E-state index in [0.717, 1.165) is 65.7 Å². The first kappa shape index (κ1) is 29.2. The predicted octanol–water partition coefficient (Wildman–Crippen LogP) is 11.1. The van der Waals surface area contributed by atoms with Gasteiger partial charge >= 0.3 is 0 Å². The van der Waals surface area contributed by atoms with Crippen molar-refractivity contribution in [2.24, 2.45) is 0 Å². The molecule has 0 aliphatic rings. The highest BCUT2D eigenvalue weighted by molar-refractivity contribution is 7.25. The standard InChI is InChI=1S/C44H26N6S/c1-3-11-27(12-4-1)42-48-43(28-13-5-2-6-14-28)50-44(49-42)31-21-29-15-7-8-16-32(29)34(22-31)30-19-20-36-37(23-30)45-25-39(47-36)38-24-35-33-17-9-10-18-40(33)51-41(35)26-46-38/h1-26H. The highest BCUT2D eigenvalue weighted by Crippen LogP contribution is 2.37. The molecule has 0 aliphatic carbocycles. The van der Waals surface area contributed by atoms with Gasteiger partial charge in [0.1, 0.15) is 5.69 Å². The summed E-state index contributed by atoms with van der Waals surface area (Å²) in [4.78, 5) is 29.6. The Balaban J connectivity index is 1.09. The second-order valence-electron chi connectivity index (χ2n) is 12.4. The summed E-state index contributed by atoms with van der Waals surface area (Å²) >= 11 is 1.76. The lowest BCUT2D eigenvalue weighted by molar-refractivity contribution is 1.07. The number of hydrogen-bond acceptors (Lipinski definition) is 7. The third kappa shape index (κ3) is 5.28. The van der Waals surface area contributed by atoms with E-state index >= 15 is 0 Å². The summed E-state index contributed by atoms with van der Waals surface area (Å²) in [6.07, 6.45) is 3.77. The molecule has 0 amide bonds. The number of pyridine rings is 1. The summed E-state index contributed by atoms with van der Waals surface area (Å²) in [6.45, 7) is 0. The fourth-order valence-electron chi connectivity index (χ4n) is 6.69. The molecule has 0 saturated heterocycles. The summed E-state index contributed by atoms with van der Waals surface area (Å²) in [5.74, 6) is 1.88. The van der Waals surface area contributed by atoms with Crippen molar-refractivity contribution < 1.29 is 0 Å². The van der Waals surface area contributed by atoms with E-state index in [4.69, 9.17) is 29.9 Å². The maximum atomic E-state index is 5.01. The van der Waals surface area contributed by atoms with E-state index in [-0.39, 0.29) is 0 Å². The lowest BCUT2D eigenvalue weighted by atomic mass is 9.95. The number of fused-ring (bicyclic) bond motifs is 5. The summed E-state index contributed by atoms with van der Waals surface area (Å²) < 4.78 is 2.42. The summed E-state index contributed by atoms with van der Waals surface area (Å²) in [7, 11) is 0. The van der Waals surface area contributed by atoms with Crippen molar-refractivity contribution in [1.82, 2.24) is 29.9 Å². The second kappa shape index (κ2) is 12.0. The van der Waals surface area contributed by atoms with Gasteiger partial charge in [0.15, 0.2) is 17.5 Å². The van der Waals surface area contributed by atoms with Gasteiger partial charge in [-0.15, -0.1) is 11.3 Å². The third-order valence-electron chi connectivity index (χ3n) is 9.20. The average molecular weight is 671 g/mol. The summed E-state index contributed by atoms with van der Waals surface area (Å²) in [5, 5.41) is 4.65. The van der Waals surface area contributed by atoms with E-state index in [1.54, 1.807) is 11.3 Å². The number of nitrogens with zero attached hydrogens (tertiary/aromatic N) is 6. The monoisotopic (exact) mass is 670 g/mol. The summed E-state index contributed by atoms with van der Waals surface area (Å²) in [5.41, 5.74) is 8.06. The van der Waals surface area contributed by atoms with E-state index in [2.05, 4.69) is 78.9 Å². The van der Waals surface area contributed by atoms with Crippen molar-refractivity contribution in [2.45, 2.75) is 0 Å². The fourth-order valence-corrected chi connectivity index (χ4v) is 7.74. The van der Waals surface area contributed by atoms with E-state index in [1.807, 2.05) is 79.1 Å². The molecule has 0 saturated carbocycles. The van der Waals surface area contributed by atoms with Crippen molar-refractivity contribution in [1.29, 1.82) is 0 Å². The van der Waals surface area contributed by atoms with Gasteiger partial charge in [-0.1, -0.05) is 109 Å². The van der Waals surface area contributed by atoms with E-state index < -0.39 is 0 Å². The van der Waals surface area contributed by atoms with Gasteiger partial charge in [0, 0.05) is 38.4 Å². The molecular formula is C44H26N6S. The third-order valence-corrected chi connectivity index (χ3v) is 10.3. The first-order valence-corrected chi connectivity index (χ1v) is 17.5. The van der Waals surface area contributed by atoms with E-state index in [0.29, 0.717) is 17.5 Å². The Morgan fingerprint density at radius 1 is 0.373 bits per heavy atom. The lowest BCUT2D eigenvalue weighted by Crippen LogP contribution is -2.00. The van der Waals surface area contributed by atoms with Gasteiger partial charge in [0.25, 0.3) is 0 Å². The molecule has 4 aromatic heterocycles. The van der Waals surface area contributed by atoms with Crippen molar-refractivity contribution >= 4 is 53.3 Å². The Morgan fingerprint density at radius 3 is 1.80 bits per heavy atom. The van der Waals surface area contributed by atoms with Crippen LogP contribution in [0.5, 0.6) is 0 Å². The predicted molar refractivity (Wildman–Crippen MR) is 208 cm³/mol. The van der Waals surface area contributed by atoms with Gasteiger partial charge in [-0.3, -0.25) is 9.97 Å². The van der Waals surface area contributed by atoms with Crippen LogP contribution >= 0.6 is 11.3 Å². The molecular weight excluding hydrogens is 645 g/mol. The molecule has 0 aliphatic heterocycles. The van der Waals surface area contributed by atoms with Crippen LogP contribution in [-0.2, 0) is 0 Å². The van der Waals surface area contributed by atoms with Crippen LogP contribution in [-0.4, -0.2) is 29.9 Å². The zero-order valence-electron chi connectivity index (χ0n) is 27.1. The van der Waals surface area contributed by atoms with Crippen LogP contribution in [0.2, 0.25) is 0 Å². The molecule has 0 unspecified atom stereocenters. The van der Waals surface area contributed by atoms with Crippen molar-refractivity contribution in [2.75, 3.05) is 0 Å². The molecule has 6 aromatic carbocycles. The Labute approximate surface area is 296 Å². The first-order valence-electron chi connectivity index (χ1n) is 16.7. The van der Waals surface area contributed by atoms with Crippen molar-refractivity contribution in [3.63, 3.8) is 0 Å². The number of rotatable bonds is 5. The molecule has 6 nitrogen and oxygen atoms in total. The van der Waals surface area contributed by atoms with Crippen molar-refractivity contribution in [3.05, 3.63) is 158 Å². The molecule has 238 valence electrons. The Kier molecular flexibility index (Phi) is 6.89. The van der Waals surface area contributed by atoms with E-state index in [9.17, 15) is 0 Å². The van der Waals surface area contributed by atoms with Gasteiger partial charge in [-0.05, 0) is 58.3 Å². The zero-order chi connectivity index (χ0) is 33.7. The second-order valence-corrected chi connectivity index (χ2v) is 13.5. The quantitative estimate of drug-likeness (QED) is 0.181. The zero-order valence-corrected chi connectivity index (χ0v) is 27.9. The van der Waals surface area contributed by atoms with Gasteiger partial charge in [-0.25, -0.2) is 19.9 Å². The minimum Gasteiger partial charge on any atom is -0.253 e. The molecule has 10 aromatic rings. The topological polar surface area (TPSA) is 77.3 Å². The van der Waals surface area contributed by atoms with Crippen LogP contribution in [0, 0.1) is 0 Å². The molecule has 51 heavy (non-hydrogen) atoms. The molecule has 0 fully saturated rings. The van der Waals surface area contributed by atoms with Gasteiger partial charge < -0.3 is 0 Å². The number of aromatic nitrogens is 6. The highest BCUT2D eigenvalue weighted by atomic mass is 32.1. The smallest absolute Gasteiger partial charge is 0.164 e. The maximum absolute atomic E-state index is 5.01. The van der Waals surface area contributed by atoms with Crippen molar-refractivity contribution in [3.8, 4) is 56.7 Å². The minimum absolute atomic E-state index is 0.614.